The highest BCUT2D eigenvalue weighted by molar-refractivity contribution is 7.10. The third-order valence-electron chi connectivity index (χ3n) is 2.69. The normalized spacial score (nSPS) is 13.8. The van der Waals surface area contributed by atoms with E-state index < -0.39 is 0 Å². The van der Waals surface area contributed by atoms with Crippen molar-refractivity contribution in [2.24, 2.45) is 0 Å². The number of amides is 1. The summed E-state index contributed by atoms with van der Waals surface area (Å²) in [6.45, 7) is 3.68. The maximum absolute atomic E-state index is 12.0. The molecular formula is C11H13N5OS. The smallest absolute Gasteiger partial charge is 0.295 e. The number of nitrogens with one attached hydrogen (secondary N) is 2. The first kappa shape index (κ1) is 11.2. The van der Waals surface area contributed by atoms with Crippen LogP contribution in [0.5, 0.6) is 0 Å². The second-order valence-corrected chi connectivity index (χ2v) is 5.28. The topological polar surface area (TPSA) is 71.8 Å². The summed E-state index contributed by atoms with van der Waals surface area (Å²) >= 11 is 1.60. The van der Waals surface area contributed by atoms with E-state index in [-0.39, 0.29) is 11.7 Å². The monoisotopic (exact) mass is 263 g/mol. The standard InChI is InChI=1S/C11H13N5OS/c1-7-5-8(6-18-7)13-10(17)9-14-11-12-3-2-4-16(11)15-9/h5-6H,2-4H2,1H3,(H,13,17)(H,12,14,15). The van der Waals surface area contributed by atoms with Gasteiger partial charge in [0.15, 0.2) is 0 Å². The number of aryl methyl sites for hydroxylation is 2. The number of carbonyl (C=O) groups is 1. The maximum Gasteiger partial charge on any atom is 0.295 e. The molecule has 0 fully saturated rings. The lowest BCUT2D eigenvalue weighted by Crippen LogP contribution is -2.18. The molecule has 0 atom stereocenters. The molecule has 2 aromatic rings. The van der Waals surface area contributed by atoms with Crippen molar-refractivity contribution in [3.05, 3.63) is 22.1 Å². The molecule has 18 heavy (non-hydrogen) atoms. The molecule has 1 aliphatic heterocycles. The van der Waals surface area contributed by atoms with Gasteiger partial charge in [0.1, 0.15) is 0 Å². The van der Waals surface area contributed by atoms with Crippen LogP contribution in [0.3, 0.4) is 0 Å². The number of thiophene rings is 1. The zero-order valence-electron chi connectivity index (χ0n) is 9.93. The molecular weight excluding hydrogens is 250 g/mol. The fraction of sp³-hybridized carbons (Fsp3) is 0.364. The van der Waals surface area contributed by atoms with Gasteiger partial charge in [0, 0.05) is 23.3 Å². The number of fused-ring (bicyclic) bond motifs is 1. The van der Waals surface area contributed by atoms with Crippen molar-refractivity contribution in [3.8, 4) is 0 Å². The number of hydrogen-bond acceptors (Lipinski definition) is 5. The lowest BCUT2D eigenvalue weighted by Gasteiger charge is -2.12. The number of anilines is 2. The lowest BCUT2D eigenvalue weighted by atomic mass is 10.4. The Morgan fingerprint density at radius 1 is 1.61 bits per heavy atom. The molecule has 94 valence electrons. The van der Waals surface area contributed by atoms with Gasteiger partial charge in [-0.2, -0.15) is 4.98 Å². The third kappa shape index (κ3) is 2.08. The van der Waals surface area contributed by atoms with E-state index in [1.807, 2.05) is 18.4 Å². The van der Waals surface area contributed by atoms with Gasteiger partial charge in [0.05, 0.1) is 5.69 Å². The number of hydrogen-bond donors (Lipinski definition) is 2. The Morgan fingerprint density at radius 3 is 3.22 bits per heavy atom. The molecule has 3 rings (SSSR count). The largest absolute Gasteiger partial charge is 0.354 e. The predicted octanol–water partition coefficient (Wildman–Crippen LogP) is 1.72. The maximum atomic E-state index is 12.0. The minimum absolute atomic E-state index is 0.211. The molecule has 0 saturated carbocycles. The number of aromatic nitrogens is 3. The Balaban J connectivity index is 1.78. The summed E-state index contributed by atoms with van der Waals surface area (Å²) < 4.78 is 1.73. The van der Waals surface area contributed by atoms with Crippen LogP contribution in [0.25, 0.3) is 0 Å². The third-order valence-corrected chi connectivity index (χ3v) is 3.55. The molecule has 1 aliphatic rings. The highest BCUT2D eigenvalue weighted by Crippen LogP contribution is 2.19. The quantitative estimate of drug-likeness (QED) is 0.865. The molecule has 2 N–H and O–H groups in total. The molecule has 0 spiro atoms. The second-order valence-electron chi connectivity index (χ2n) is 4.16. The van der Waals surface area contributed by atoms with Gasteiger partial charge >= 0.3 is 0 Å². The molecule has 7 heteroatoms. The molecule has 0 radical (unpaired) electrons. The van der Waals surface area contributed by atoms with Crippen molar-refractivity contribution in [2.75, 3.05) is 17.2 Å². The average Bonchev–Trinajstić information content (AvgIpc) is 2.95. The Bertz CT molecular complexity index is 565. The Labute approximate surface area is 108 Å². The molecule has 6 nitrogen and oxygen atoms in total. The van der Waals surface area contributed by atoms with Gasteiger partial charge in [-0.15, -0.1) is 16.4 Å². The van der Waals surface area contributed by atoms with Crippen LogP contribution in [0.1, 0.15) is 21.9 Å². The molecule has 0 unspecified atom stereocenters. The Hall–Kier alpha value is -1.89. The van der Waals surface area contributed by atoms with Crippen LogP contribution < -0.4 is 10.6 Å². The summed E-state index contributed by atoms with van der Waals surface area (Å²) in [6.07, 6.45) is 1.00. The van der Waals surface area contributed by atoms with Crippen LogP contribution in [0.2, 0.25) is 0 Å². The summed E-state index contributed by atoms with van der Waals surface area (Å²) in [5.74, 6) is 0.618. The molecule has 3 heterocycles. The van der Waals surface area contributed by atoms with Crippen molar-refractivity contribution in [3.63, 3.8) is 0 Å². The summed E-state index contributed by atoms with van der Waals surface area (Å²) in [4.78, 5) is 17.3. The fourth-order valence-corrected chi connectivity index (χ4v) is 2.48. The van der Waals surface area contributed by atoms with Gasteiger partial charge in [-0.1, -0.05) is 0 Å². The van der Waals surface area contributed by atoms with E-state index in [9.17, 15) is 4.79 Å². The van der Waals surface area contributed by atoms with Crippen LogP contribution in [0, 0.1) is 6.92 Å². The average molecular weight is 263 g/mol. The highest BCUT2D eigenvalue weighted by Gasteiger charge is 2.18. The molecule has 0 bridgehead atoms. The van der Waals surface area contributed by atoms with Crippen LogP contribution >= 0.6 is 11.3 Å². The van der Waals surface area contributed by atoms with Gasteiger partial charge in [-0.25, -0.2) is 4.68 Å². The SMILES string of the molecule is Cc1cc(NC(=O)c2nc3n(n2)CCCN3)cs1. The zero-order valence-corrected chi connectivity index (χ0v) is 10.8. The van der Waals surface area contributed by atoms with E-state index in [1.54, 1.807) is 16.0 Å². The first-order valence-electron chi connectivity index (χ1n) is 5.77. The summed E-state index contributed by atoms with van der Waals surface area (Å²) in [6, 6.07) is 1.93. The zero-order chi connectivity index (χ0) is 12.5. The summed E-state index contributed by atoms with van der Waals surface area (Å²) in [7, 11) is 0. The van der Waals surface area contributed by atoms with E-state index in [4.69, 9.17) is 0 Å². The minimum atomic E-state index is -0.267. The van der Waals surface area contributed by atoms with Gasteiger partial charge < -0.3 is 10.6 Å². The van der Waals surface area contributed by atoms with Gasteiger partial charge in [0.2, 0.25) is 11.8 Å². The Kier molecular flexibility index (Phi) is 2.75. The van der Waals surface area contributed by atoms with E-state index in [0.29, 0.717) is 5.95 Å². The van der Waals surface area contributed by atoms with Crippen molar-refractivity contribution in [1.29, 1.82) is 0 Å². The summed E-state index contributed by atoms with van der Waals surface area (Å²) in [5.41, 5.74) is 0.795. The second kappa shape index (κ2) is 4.41. The van der Waals surface area contributed by atoms with Crippen molar-refractivity contribution in [2.45, 2.75) is 19.9 Å². The van der Waals surface area contributed by atoms with E-state index in [0.717, 1.165) is 30.1 Å². The predicted molar refractivity (Wildman–Crippen MR) is 70.1 cm³/mol. The lowest BCUT2D eigenvalue weighted by molar-refractivity contribution is 0.101. The molecule has 0 saturated heterocycles. The number of rotatable bonds is 2. The van der Waals surface area contributed by atoms with Crippen LogP contribution in [-0.2, 0) is 6.54 Å². The number of nitrogens with zero attached hydrogens (tertiary/aromatic N) is 3. The van der Waals surface area contributed by atoms with Crippen molar-refractivity contribution in [1.82, 2.24) is 14.8 Å². The number of carbonyl (C=O) groups excluding carboxylic acids is 1. The van der Waals surface area contributed by atoms with E-state index in [2.05, 4.69) is 20.7 Å². The van der Waals surface area contributed by atoms with Crippen LogP contribution in [0.4, 0.5) is 11.6 Å². The van der Waals surface area contributed by atoms with E-state index >= 15 is 0 Å². The highest BCUT2D eigenvalue weighted by atomic mass is 32.1. The molecule has 0 aromatic carbocycles. The van der Waals surface area contributed by atoms with E-state index in [1.165, 1.54) is 0 Å². The van der Waals surface area contributed by atoms with Gasteiger partial charge in [-0.3, -0.25) is 4.79 Å². The first-order valence-corrected chi connectivity index (χ1v) is 6.65. The van der Waals surface area contributed by atoms with Gasteiger partial charge in [-0.05, 0) is 19.4 Å². The van der Waals surface area contributed by atoms with Crippen molar-refractivity contribution < 1.29 is 4.79 Å². The molecule has 2 aromatic heterocycles. The first-order chi connectivity index (χ1) is 8.72. The molecule has 1 amide bonds. The van der Waals surface area contributed by atoms with Crippen LogP contribution in [-0.4, -0.2) is 27.2 Å². The summed E-state index contributed by atoms with van der Waals surface area (Å²) in [5, 5.41) is 12.0. The minimum Gasteiger partial charge on any atom is -0.354 e. The fourth-order valence-electron chi connectivity index (χ4n) is 1.85. The molecule has 0 aliphatic carbocycles. The van der Waals surface area contributed by atoms with Crippen LogP contribution in [0.15, 0.2) is 11.4 Å². The van der Waals surface area contributed by atoms with Gasteiger partial charge in [0.25, 0.3) is 5.91 Å². The van der Waals surface area contributed by atoms with Crippen molar-refractivity contribution >= 4 is 28.9 Å². The Morgan fingerprint density at radius 2 is 2.50 bits per heavy atom.